The first kappa shape index (κ1) is 11.0. The molecule has 2 heterocycles. The van der Waals surface area contributed by atoms with Gasteiger partial charge < -0.3 is 5.32 Å². The highest BCUT2D eigenvalue weighted by atomic mass is 79.9. The monoisotopic (exact) mass is 291 g/mol. The van der Waals surface area contributed by atoms with E-state index < -0.39 is 0 Å². The van der Waals surface area contributed by atoms with E-state index in [1.54, 1.807) is 0 Å². The lowest BCUT2D eigenvalue weighted by molar-refractivity contribution is 0.295. The van der Waals surface area contributed by atoms with E-state index in [0.717, 1.165) is 30.0 Å². The average Bonchev–Trinajstić information content (AvgIpc) is 2.73. The van der Waals surface area contributed by atoms with Gasteiger partial charge >= 0.3 is 0 Å². The van der Waals surface area contributed by atoms with Crippen molar-refractivity contribution in [2.24, 2.45) is 5.92 Å². The minimum Gasteiger partial charge on any atom is -0.316 e. The molecular formula is C13H14BrN3. The number of aromatic nitrogens is 2. The number of nitrogens with zero attached hydrogens (tertiary/aromatic N) is 2. The zero-order chi connectivity index (χ0) is 11.7. The molecule has 2 aromatic rings. The Balaban J connectivity index is 1.82. The molecule has 0 aliphatic carbocycles. The number of benzene rings is 1. The van der Waals surface area contributed by atoms with Gasteiger partial charge in [-0.3, -0.25) is 4.68 Å². The first-order valence-corrected chi connectivity index (χ1v) is 6.60. The van der Waals surface area contributed by atoms with Crippen molar-refractivity contribution >= 4 is 15.9 Å². The van der Waals surface area contributed by atoms with Crippen molar-refractivity contribution in [3.8, 4) is 11.1 Å². The average molecular weight is 292 g/mol. The highest BCUT2D eigenvalue weighted by Crippen LogP contribution is 2.27. The van der Waals surface area contributed by atoms with Gasteiger partial charge in [0, 0.05) is 41.8 Å². The fraction of sp³-hybridized carbons (Fsp3) is 0.308. The van der Waals surface area contributed by atoms with E-state index in [1.807, 2.05) is 23.0 Å². The Morgan fingerprint density at radius 3 is 2.88 bits per heavy atom. The van der Waals surface area contributed by atoms with Crippen LogP contribution in [0.5, 0.6) is 0 Å². The summed E-state index contributed by atoms with van der Waals surface area (Å²) in [6, 6.07) is 8.24. The second-order valence-electron chi connectivity index (χ2n) is 4.46. The zero-order valence-electron chi connectivity index (χ0n) is 9.44. The van der Waals surface area contributed by atoms with Crippen molar-refractivity contribution in [1.29, 1.82) is 0 Å². The molecule has 88 valence electrons. The van der Waals surface area contributed by atoms with Crippen LogP contribution in [0.25, 0.3) is 11.1 Å². The molecule has 0 unspecified atom stereocenters. The summed E-state index contributed by atoms with van der Waals surface area (Å²) in [5, 5.41) is 7.70. The minimum absolute atomic E-state index is 0.738. The standard InChI is InChI=1S/C13H14BrN3/c14-13-4-2-1-3-12(13)11-7-16-17(9-11)8-10-5-15-6-10/h1-4,7,9-10,15H,5-6,8H2. The largest absolute Gasteiger partial charge is 0.316 e. The molecule has 0 bridgehead atoms. The summed E-state index contributed by atoms with van der Waals surface area (Å²) < 4.78 is 3.16. The van der Waals surface area contributed by atoms with Gasteiger partial charge in [0.25, 0.3) is 0 Å². The van der Waals surface area contributed by atoms with Crippen molar-refractivity contribution < 1.29 is 0 Å². The molecule has 0 atom stereocenters. The van der Waals surface area contributed by atoms with Gasteiger partial charge in [0.05, 0.1) is 6.20 Å². The summed E-state index contributed by atoms with van der Waals surface area (Å²) in [6.45, 7) is 3.24. The van der Waals surface area contributed by atoms with Crippen LogP contribution >= 0.6 is 15.9 Å². The van der Waals surface area contributed by atoms with Gasteiger partial charge in [-0.15, -0.1) is 0 Å². The molecule has 17 heavy (non-hydrogen) atoms. The molecule has 1 aliphatic heterocycles. The van der Waals surface area contributed by atoms with Crippen molar-refractivity contribution in [2.75, 3.05) is 13.1 Å². The van der Waals surface area contributed by atoms with Crippen molar-refractivity contribution in [3.63, 3.8) is 0 Å². The van der Waals surface area contributed by atoms with Gasteiger partial charge in [0.1, 0.15) is 0 Å². The number of hydrogen-bond donors (Lipinski definition) is 1. The number of nitrogens with one attached hydrogen (secondary N) is 1. The zero-order valence-corrected chi connectivity index (χ0v) is 11.0. The molecule has 1 saturated heterocycles. The van der Waals surface area contributed by atoms with E-state index in [-0.39, 0.29) is 0 Å². The van der Waals surface area contributed by atoms with Crippen LogP contribution < -0.4 is 5.32 Å². The molecule has 0 spiro atoms. The Bertz CT molecular complexity index is 517. The first-order valence-electron chi connectivity index (χ1n) is 5.81. The Kier molecular flexibility index (Phi) is 2.99. The summed E-state index contributed by atoms with van der Waals surface area (Å²) in [7, 11) is 0. The summed E-state index contributed by atoms with van der Waals surface area (Å²) >= 11 is 3.57. The topological polar surface area (TPSA) is 29.9 Å². The number of halogens is 1. The molecule has 1 aliphatic rings. The Hall–Kier alpha value is -1.13. The smallest absolute Gasteiger partial charge is 0.0568 e. The molecule has 3 nitrogen and oxygen atoms in total. The molecular weight excluding hydrogens is 278 g/mol. The lowest BCUT2D eigenvalue weighted by Crippen LogP contribution is -2.44. The third-order valence-electron chi connectivity index (χ3n) is 3.13. The lowest BCUT2D eigenvalue weighted by Gasteiger charge is -2.26. The summed E-state index contributed by atoms with van der Waals surface area (Å²) in [4.78, 5) is 0. The van der Waals surface area contributed by atoms with Gasteiger partial charge in [-0.25, -0.2) is 0 Å². The van der Waals surface area contributed by atoms with Crippen molar-refractivity contribution in [3.05, 3.63) is 41.1 Å². The molecule has 3 rings (SSSR count). The maximum absolute atomic E-state index is 4.42. The quantitative estimate of drug-likeness (QED) is 0.942. The first-order chi connectivity index (χ1) is 8.33. The fourth-order valence-electron chi connectivity index (χ4n) is 2.04. The SMILES string of the molecule is Brc1ccccc1-c1cnn(CC2CNC2)c1. The van der Waals surface area contributed by atoms with Crippen molar-refractivity contribution in [2.45, 2.75) is 6.54 Å². The Morgan fingerprint density at radius 2 is 2.18 bits per heavy atom. The summed E-state index contributed by atoms with van der Waals surface area (Å²) in [5.41, 5.74) is 2.37. The maximum atomic E-state index is 4.42. The minimum atomic E-state index is 0.738. The Morgan fingerprint density at radius 1 is 1.35 bits per heavy atom. The van der Waals surface area contributed by atoms with Crippen LogP contribution in [0.2, 0.25) is 0 Å². The molecule has 0 saturated carbocycles. The fourth-order valence-corrected chi connectivity index (χ4v) is 2.55. The van der Waals surface area contributed by atoms with E-state index in [0.29, 0.717) is 0 Å². The molecule has 1 fully saturated rings. The third kappa shape index (κ3) is 2.28. The molecule has 1 aromatic heterocycles. The highest BCUT2D eigenvalue weighted by Gasteiger charge is 2.17. The number of rotatable bonds is 3. The van der Waals surface area contributed by atoms with Crippen LogP contribution in [0, 0.1) is 5.92 Å². The van der Waals surface area contributed by atoms with E-state index in [4.69, 9.17) is 0 Å². The lowest BCUT2D eigenvalue weighted by atomic mass is 10.0. The molecule has 1 aromatic carbocycles. The van der Waals surface area contributed by atoms with Gasteiger partial charge in [0.15, 0.2) is 0 Å². The summed E-state index contributed by atoms with van der Waals surface area (Å²) in [5.74, 6) is 0.738. The molecule has 1 N–H and O–H groups in total. The van der Waals surface area contributed by atoms with E-state index in [2.05, 4.69) is 44.7 Å². The second-order valence-corrected chi connectivity index (χ2v) is 5.31. The normalized spacial score (nSPS) is 15.8. The maximum Gasteiger partial charge on any atom is 0.0568 e. The Labute approximate surface area is 109 Å². The van der Waals surface area contributed by atoms with Gasteiger partial charge in [0.2, 0.25) is 0 Å². The van der Waals surface area contributed by atoms with Crippen LogP contribution in [-0.2, 0) is 6.54 Å². The van der Waals surface area contributed by atoms with E-state index >= 15 is 0 Å². The van der Waals surface area contributed by atoms with Gasteiger partial charge in [-0.05, 0) is 11.6 Å². The highest BCUT2D eigenvalue weighted by molar-refractivity contribution is 9.10. The summed E-state index contributed by atoms with van der Waals surface area (Å²) in [6.07, 6.45) is 4.06. The van der Waals surface area contributed by atoms with Crippen molar-refractivity contribution in [1.82, 2.24) is 15.1 Å². The van der Waals surface area contributed by atoms with Crippen LogP contribution in [-0.4, -0.2) is 22.9 Å². The molecule has 0 amide bonds. The van der Waals surface area contributed by atoms with Gasteiger partial charge in [-0.1, -0.05) is 34.1 Å². The third-order valence-corrected chi connectivity index (χ3v) is 3.82. The predicted octanol–water partition coefficient (Wildman–Crippen LogP) is 2.53. The van der Waals surface area contributed by atoms with Crippen LogP contribution in [0.1, 0.15) is 0 Å². The van der Waals surface area contributed by atoms with E-state index in [9.17, 15) is 0 Å². The molecule has 4 heteroatoms. The van der Waals surface area contributed by atoms with Crippen LogP contribution in [0.15, 0.2) is 41.1 Å². The van der Waals surface area contributed by atoms with Crippen LogP contribution in [0.4, 0.5) is 0 Å². The van der Waals surface area contributed by atoms with Gasteiger partial charge in [-0.2, -0.15) is 5.10 Å². The second kappa shape index (κ2) is 4.63. The number of hydrogen-bond acceptors (Lipinski definition) is 2. The van der Waals surface area contributed by atoms with E-state index in [1.165, 1.54) is 11.1 Å². The molecule has 0 radical (unpaired) electrons. The predicted molar refractivity (Wildman–Crippen MR) is 71.7 cm³/mol. The van der Waals surface area contributed by atoms with Crippen LogP contribution in [0.3, 0.4) is 0 Å².